The summed E-state index contributed by atoms with van der Waals surface area (Å²) in [5.41, 5.74) is 6.94. The molecule has 0 aromatic heterocycles. The summed E-state index contributed by atoms with van der Waals surface area (Å²) in [5, 5.41) is 5.35. The van der Waals surface area contributed by atoms with Crippen LogP contribution in [0.2, 0.25) is 0 Å². The molecule has 0 aliphatic carbocycles. The zero-order chi connectivity index (χ0) is 19.9. The molecule has 27 heavy (non-hydrogen) atoms. The number of rotatable bonds is 6. The number of hydrogen-bond acceptors (Lipinski definition) is 3. The van der Waals surface area contributed by atoms with Crippen molar-refractivity contribution in [1.29, 1.82) is 0 Å². The Morgan fingerprint density at radius 1 is 1.19 bits per heavy atom. The predicted octanol–water partition coefficient (Wildman–Crippen LogP) is 3.39. The maximum absolute atomic E-state index is 12.1. The van der Waals surface area contributed by atoms with E-state index in [0.29, 0.717) is 11.3 Å². The van der Waals surface area contributed by atoms with E-state index in [1.165, 1.54) is 24.3 Å². The zero-order valence-electron chi connectivity index (χ0n) is 13.9. The number of benzene rings is 2. The Morgan fingerprint density at radius 2 is 1.89 bits per heavy atom. The first-order chi connectivity index (χ1) is 12.7. The normalized spacial score (nSPS) is 11.8. The molecule has 0 saturated carbocycles. The molecule has 6 nitrogen and oxygen atoms in total. The second-order valence-electron chi connectivity index (χ2n) is 5.31. The number of ether oxygens (including phenoxy) is 1. The summed E-state index contributed by atoms with van der Waals surface area (Å²) in [4.78, 5) is 15.9. The molecule has 0 spiro atoms. The Hall–Kier alpha value is -2.75. The fourth-order valence-corrected chi connectivity index (χ4v) is 2.37. The van der Waals surface area contributed by atoms with Crippen LogP contribution in [0.3, 0.4) is 0 Å². The molecule has 2 aromatic rings. The summed E-state index contributed by atoms with van der Waals surface area (Å²) in [7, 11) is 0. The first-order valence-electron chi connectivity index (χ1n) is 7.65. The van der Waals surface area contributed by atoms with Crippen molar-refractivity contribution in [2.45, 2.75) is 12.9 Å². The minimum absolute atomic E-state index is 0.0370. The molecule has 0 radical (unpaired) electrons. The van der Waals surface area contributed by atoms with Gasteiger partial charge in [0.15, 0.2) is 5.96 Å². The molecule has 0 aliphatic heterocycles. The lowest BCUT2D eigenvalue weighted by molar-refractivity contribution is -0.274. The SMILES string of the molecule is NC(=NCc1ccc(OC(F)(F)F)cc1)NCC(=O)Nc1cccc(Br)c1. The monoisotopic (exact) mass is 444 g/mol. The van der Waals surface area contributed by atoms with E-state index in [2.05, 4.69) is 36.3 Å². The molecule has 0 aliphatic rings. The van der Waals surface area contributed by atoms with Crippen molar-refractivity contribution in [3.05, 3.63) is 58.6 Å². The maximum Gasteiger partial charge on any atom is 0.573 e. The van der Waals surface area contributed by atoms with Gasteiger partial charge in [-0.15, -0.1) is 13.2 Å². The molecule has 0 unspecified atom stereocenters. The number of anilines is 1. The highest BCUT2D eigenvalue weighted by Crippen LogP contribution is 2.22. The van der Waals surface area contributed by atoms with Crippen LogP contribution in [-0.2, 0) is 11.3 Å². The summed E-state index contributed by atoms with van der Waals surface area (Å²) < 4.78 is 40.9. The number of halogens is 4. The first kappa shape index (κ1) is 20.6. The van der Waals surface area contributed by atoms with Crippen molar-refractivity contribution in [2.75, 3.05) is 11.9 Å². The van der Waals surface area contributed by atoms with Crippen LogP contribution in [0.25, 0.3) is 0 Å². The molecule has 0 bridgehead atoms. The molecule has 0 fully saturated rings. The lowest BCUT2D eigenvalue weighted by Gasteiger charge is -2.09. The Bertz CT molecular complexity index is 811. The summed E-state index contributed by atoms with van der Waals surface area (Å²) in [6.07, 6.45) is -4.73. The van der Waals surface area contributed by atoms with Crippen LogP contribution >= 0.6 is 15.9 Å². The third-order valence-corrected chi connectivity index (χ3v) is 3.62. The second kappa shape index (κ2) is 9.26. The van der Waals surface area contributed by atoms with Gasteiger partial charge in [-0.05, 0) is 35.9 Å². The zero-order valence-corrected chi connectivity index (χ0v) is 15.5. The van der Waals surface area contributed by atoms with Gasteiger partial charge in [0, 0.05) is 10.2 Å². The number of nitrogens with two attached hydrogens (primary N) is 1. The maximum atomic E-state index is 12.1. The lowest BCUT2D eigenvalue weighted by Crippen LogP contribution is -2.37. The van der Waals surface area contributed by atoms with Crippen molar-refractivity contribution in [2.24, 2.45) is 10.7 Å². The number of nitrogens with one attached hydrogen (secondary N) is 2. The van der Waals surface area contributed by atoms with E-state index >= 15 is 0 Å². The van der Waals surface area contributed by atoms with Crippen LogP contribution in [0.5, 0.6) is 5.75 Å². The second-order valence-corrected chi connectivity index (χ2v) is 6.22. The molecule has 2 rings (SSSR count). The highest BCUT2D eigenvalue weighted by molar-refractivity contribution is 9.10. The van der Waals surface area contributed by atoms with Gasteiger partial charge in [0.1, 0.15) is 5.75 Å². The van der Waals surface area contributed by atoms with Gasteiger partial charge in [-0.1, -0.05) is 34.1 Å². The summed E-state index contributed by atoms with van der Waals surface area (Å²) in [6.45, 7) is 0.0542. The molecule has 0 atom stereocenters. The minimum Gasteiger partial charge on any atom is -0.406 e. The van der Waals surface area contributed by atoms with E-state index in [-0.39, 0.29) is 30.7 Å². The van der Waals surface area contributed by atoms with Crippen molar-refractivity contribution >= 4 is 33.5 Å². The highest BCUT2D eigenvalue weighted by Gasteiger charge is 2.30. The van der Waals surface area contributed by atoms with Crippen LogP contribution < -0.4 is 21.1 Å². The van der Waals surface area contributed by atoms with Crippen molar-refractivity contribution in [3.8, 4) is 5.75 Å². The van der Waals surface area contributed by atoms with Gasteiger partial charge in [0.25, 0.3) is 0 Å². The van der Waals surface area contributed by atoms with Crippen molar-refractivity contribution in [1.82, 2.24) is 5.32 Å². The average molecular weight is 445 g/mol. The number of hydrogen-bond donors (Lipinski definition) is 3. The van der Waals surface area contributed by atoms with Gasteiger partial charge in [-0.25, -0.2) is 4.99 Å². The lowest BCUT2D eigenvalue weighted by atomic mass is 10.2. The Morgan fingerprint density at radius 3 is 2.52 bits per heavy atom. The third kappa shape index (κ3) is 7.99. The Balaban J connectivity index is 1.79. The molecule has 2 aromatic carbocycles. The van der Waals surface area contributed by atoms with E-state index in [1.54, 1.807) is 18.2 Å². The average Bonchev–Trinajstić information content (AvgIpc) is 2.58. The highest BCUT2D eigenvalue weighted by atomic mass is 79.9. The van der Waals surface area contributed by atoms with Crippen LogP contribution in [0.4, 0.5) is 18.9 Å². The Labute approximate surface area is 161 Å². The van der Waals surface area contributed by atoms with Crippen LogP contribution in [0.15, 0.2) is 58.0 Å². The molecular weight excluding hydrogens is 429 g/mol. The van der Waals surface area contributed by atoms with Crippen molar-refractivity contribution < 1.29 is 22.7 Å². The number of carbonyl (C=O) groups is 1. The van der Waals surface area contributed by atoms with Crippen molar-refractivity contribution in [3.63, 3.8) is 0 Å². The minimum atomic E-state index is -4.73. The molecule has 0 heterocycles. The van der Waals surface area contributed by atoms with Gasteiger partial charge in [0.05, 0.1) is 13.1 Å². The molecule has 0 saturated heterocycles. The van der Waals surface area contributed by atoms with E-state index in [0.717, 1.165) is 4.47 Å². The van der Waals surface area contributed by atoms with Crippen LogP contribution in [0, 0.1) is 0 Å². The predicted molar refractivity (Wildman–Crippen MR) is 99.2 cm³/mol. The number of alkyl halides is 3. The van der Waals surface area contributed by atoms with E-state index in [4.69, 9.17) is 5.73 Å². The standard InChI is InChI=1S/C17H16BrF3N4O2/c18-12-2-1-3-13(8-12)25-15(26)10-24-16(22)23-9-11-4-6-14(7-5-11)27-17(19,20)21/h1-8H,9-10H2,(H,25,26)(H3,22,23,24). The largest absolute Gasteiger partial charge is 0.573 e. The van der Waals surface area contributed by atoms with E-state index in [9.17, 15) is 18.0 Å². The fourth-order valence-electron chi connectivity index (χ4n) is 1.97. The number of nitrogens with zero attached hydrogens (tertiary/aromatic N) is 1. The number of amides is 1. The van der Waals surface area contributed by atoms with Crippen LogP contribution in [0.1, 0.15) is 5.56 Å². The molecule has 4 N–H and O–H groups in total. The number of carbonyl (C=O) groups excluding carboxylic acids is 1. The van der Waals surface area contributed by atoms with Gasteiger partial charge >= 0.3 is 6.36 Å². The van der Waals surface area contributed by atoms with Gasteiger partial charge in [-0.3, -0.25) is 4.79 Å². The summed E-state index contributed by atoms with van der Waals surface area (Å²) >= 11 is 3.31. The quantitative estimate of drug-likeness (QED) is 0.470. The number of aliphatic imine (C=N–C) groups is 1. The molecular formula is C17H16BrF3N4O2. The third-order valence-electron chi connectivity index (χ3n) is 3.13. The summed E-state index contributed by atoms with van der Waals surface area (Å²) in [5.74, 6) is -0.583. The number of guanidine groups is 1. The summed E-state index contributed by atoms with van der Waals surface area (Å²) in [6, 6.07) is 12.4. The topological polar surface area (TPSA) is 88.7 Å². The molecule has 10 heteroatoms. The Kier molecular flexibility index (Phi) is 7.05. The van der Waals surface area contributed by atoms with E-state index < -0.39 is 6.36 Å². The van der Waals surface area contributed by atoms with Gasteiger partial charge in [-0.2, -0.15) is 0 Å². The van der Waals surface area contributed by atoms with Gasteiger partial charge in [0.2, 0.25) is 5.91 Å². The first-order valence-corrected chi connectivity index (χ1v) is 8.44. The van der Waals surface area contributed by atoms with E-state index in [1.807, 2.05) is 6.07 Å². The fraction of sp³-hybridized carbons (Fsp3) is 0.176. The molecule has 144 valence electrons. The molecule has 1 amide bonds. The smallest absolute Gasteiger partial charge is 0.406 e. The van der Waals surface area contributed by atoms with Gasteiger partial charge < -0.3 is 21.1 Å². The van der Waals surface area contributed by atoms with Crippen LogP contribution in [-0.4, -0.2) is 24.8 Å².